The third kappa shape index (κ3) is 5.21. The monoisotopic (exact) mass is 501 g/mol. The van der Waals surface area contributed by atoms with Crippen molar-refractivity contribution in [1.29, 1.82) is 15.8 Å². The molecule has 3 aromatic carbocycles. The molecule has 0 heterocycles. The molecule has 0 amide bonds. The van der Waals surface area contributed by atoms with Crippen molar-refractivity contribution in [3.05, 3.63) is 86.5 Å². The quantitative estimate of drug-likeness (QED) is 0.322. The van der Waals surface area contributed by atoms with Gasteiger partial charge in [0, 0.05) is 16.3 Å². The van der Waals surface area contributed by atoms with E-state index >= 15 is 0 Å². The molecule has 0 aromatic heterocycles. The number of nitrogens with zero attached hydrogens (tertiary/aromatic N) is 3. The highest BCUT2D eigenvalue weighted by atomic mass is 32.7. The summed E-state index contributed by atoms with van der Waals surface area (Å²) in [4.78, 5) is 0.663. The molecule has 35 heavy (non-hydrogen) atoms. The SMILES string of the molecule is Cc1c(C#N)ccc(OP(=O)(Oc2ccc(C#N)c(C)c2C)Sc2ccc(C#N)c(C)c2C)c1C. The zero-order valence-corrected chi connectivity index (χ0v) is 22.1. The van der Waals surface area contributed by atoms with Crippen molar-refractivity contribution in [3.8, 4) is 29.7 Å². The molecule has 0 saturated carbocycles. The summed E-state index contributed by atoms with van der Waals surface area (Å²) in [6.45, 7) is 6.99. The lowest BCUT2D eigenvalue weighted by Crippen LogP contribution is -2.03. The maximum Gasteiger partial charge on any atom is 0.497 e. The Labute approximate surface area is 210 Å². The van der Waals surface area contributed by atoms with E-state index in [1.54, 1.807) is 50.2 Å². The van der Waals surface area contributed by atoms with E-state index in [1.807, 2.05) is 27.7 Å². The van der Waals surface area contributed by atoms with E-state index in [9.17, 15) is 20.4 Å². The summed E-state index contributed by atoms with van der Waals surface area (Å²) in [5.74, 6) is 0.701. The van der Waals surface area contributed by atoms with Gasteiger partial charge in [0.15, 0.2) is 0 Å². The minimum Gasteiger partial charge on any atom is -0.408 e. The second-order valence-corrected chi connectivity index (χ2v) is 11.9. The Kier molecular flexibility index (Phi) is 7.62. The third-order valence-corrected chi connectivity index (χ3v) is 9.62. The summed E-state index contributed by atoms with van der Waals surface area (Å²) in [6.07, 6.45) is 0. The molecule has 6 nitrogen and oxygen atoms in total. The van der Waals surface area contributed by atoms with Gasteiger partial charge in [-0.15, -0.1) is 0 Å². The second-order valence-electron chi connectivity index (χ2n) is 8.14. The summed E-state index contributed by atoms with van der Waals surface area (Å²) in [5, 5.41) is 28.0. The highest BCUT2D eigenvalue weighted by molar-refractivity contribution is 8.55. The number of benzene rings is 3. The Morgan fingerprint density at radius 1 is 0.600 bits per heavy atom. The first-order valence-corrected chi connectivity index (χ1v) is 13.7. The van der Waals surface area contributed by atoms with E-state index in [-0.39, 0.29) is 0 Å². The van der Waals surface area contributed by atoms with Gasteiger partial charge in [0.1, 0.15) is 11.5 Å². The molecule has 0 spiro atoms. The molecule has 0 saturated heterocycles. The van der Waals surface area contributed by atoms with Crippen molar-refractivity contribution in [2.75, 3.05) is 0 Å². The van der Waals surface area contributed by atoms with Crippen LogP contribution in [0.3, 0.4) is 0 Å². The van der Waals surface area contributed by atoms with E-state index < -0.39 is 6.80 Å². The second kappa shape index (κ2) is 10.3. The van der Waals surface area contributed by atoms with Crippen molar-refractivity contribution in [2.45, 2.75) is 46.4 Å². The first kappa shape index (κ1) is 25.9. The van der Waals surface area contributed by atoms with Crippen LogP contribution in [0.2, 0.25) is 0 Å². The van der Waals surface area contributed by atoms with E-state index in [0.717, 1.165) is 33.6 Å². The summed E-state index contributed by atoms with van der Waals surface area (Å²) < 4.78 is 26.5. The van der Waals surface area contributed by atoms with Gasteiger partial charge in [0.25, 0.3) is 0 Å². The molecule has 0 bridgehead atoms. The average Bonchev–Trinajstić information content (AvgIpc) is 2.83. The molecule has 0 aliphatic rings. The fourth-order valence-electron chi connectivity index (χ4n) is 3.46. The molecule has 0 aliphatic carbocycles. The molecule has 176 valence electrons. The van der Waals surface area contributed by atoms with Crippen LogP contribution >= 0.6 is 18.2 Å². The molecule has 0 atom stereocenters. The molecule has 0 radical (unpaired) electrons. The van der Waals surface area contributed by atoms with Gasteiger partial charge in [-0.25, -0.2) is 4.57 Å². The lowest BCUT2D eigenvalue weighted by Gasteiger charge is -2.23. The van der Waals surface area contributed by atoms with Crippen molar-refractivity contribution in [1.82, 2.24) is 0 Å². The first-order valence-electron chi connectivity index (χ1n) is 10.7. The van der Waals surface area contributed by atoms with Gasteiger partial charge >= 0.3 is 6.80 Å². The summed E-state index contributed by atoms with van der Waals surface area (Å²) in [6, 6.07) is 16.3. The Morgan fingerprint density at radius 3 is 1.37 bits per heavy atom. The van der Waals surface area contributed by atoms with Crippen molar-refractivity contribution in [3.63, 3.8) is 0 Å². The van der Waals surface area contributed by atoms with Crippen LogP contribution < -0.4 is 9.05 Å². The fraction of sp³-hybridized carbons (Fsp3) is 0.222. The van der Waals surface area contributed by atoms with Crippen LogP contribution in [0, 0.1) is 75.5 Å². The van der Waals surface area contributed by atoms with Crippen LogP contribution in [0.25, 0.3) is 0 Å². The summed E-state index contributed by atoms with van der Waals surface area (Å²) >= 11 is 0.961. The molecule has 3 rings (SSSR count). The Hall–Kier alpha value is -3.69. The van der Waals surface area contributed by atoms with Gasteiger partial charge in [0.05, 0.1) is 34.9 Å². The van der Waals surface area contributed by atoms with Gasteiger partial charge < -0.3 is 9.05 Å². The van der Waals surface area contributed by atoms with Crippen LogP contribution in [0.15, 0.2) is 41.3 Å². The smallest absolute Gasteiger partial charge is 0.408 e. The first-order chi connectivity index (χ1) is 16.5. The molecule has 0 fully saturated rings. The van der Waals surface area contributed by atoms with Gasteiger partial charge in [0.2, 0.25) is 0 Å². The average molecular weight is 502 g/mol. The van der Waals surface area contributed by atoms with Crippen molar-refractivity contribution >= 4 is 18.2 Å². The molecule has 3 aromatic rings. The lowest BCUT2D eigenvalue weighted by atomic mass is 10.0. The van der Waals surface area contributed by atoms with Crippen LogP contribution in [0.4, 0.5) is 0 Å². The van der Waals surface area contributed by atoms with Gasteiger partial charge in [-0.05, 0) is 111 Å². The Bertz CT molecular complexity index is 1330. The topological polar surface area (TPSA) is 107 Å². The molecular weight excluding hydrogens is 477 g/mol. The normalized spacial score (nSPS) is 10.7. The Morgan fingerprint density at radius 2 is 0.971 bits per heavy atom. The van der Waals surface area contributed by atoms with Crippen LogP contribution in [-0.4, -0.2) is 0 Å². The highest BCUT2D eigenvalue weighted by Gasteiger charge is 2.33. The Balaban J connectivity index is 2.12. The minimum atomic E-state index is -3.93. The van der Waals surface area contributed by atoms with Crippen LogP contribution in [0.5, 0.6) is 11.5 Å². The van der Waals surface area contributed by atoms with Gasteiger partial charge in [-0.2, -0.15) is 15.8 Å². The number of hydrogen-bond donors (Lipinski definition) is 0. The molecule has 8 heteroatoms. The van der Waals surface area contributed by atoms with Crippen molar-refractivity contribution < 1.29 is 13.6 Å². The molecular formula is C27H24N3O3PS. The number of hydrogen-bond acceptors (Lipinski definition) is 7. The third-order valence-electron chi connectivity index (χ3n) is 6.20. The van der Waals surface area contributed by atoms with Gasteiger partial charge in [-0.3, -0.25) is 0 Å². The minimum absolute atomic E-state index is 0.350. The zero-order chi connectivity index (χ0) is 25.9. The largest absolute Gasteiger partial charge is 0.497 e. The van der Waals surface area contributed by atoms with E-state index in [1.165, 1.54) is 0 Å². The zero-order valence-electron chi connectivity index (χ0n) is 20.4. The standard InChI is InChI=1S/C27H24N3O3PS/c1-16-19(4)25(10-7-22(16)13-28)32-34(31,33-26-11-8-23(14-29)17(2)20(26)5)35-27-12-9-24(15-30)18(3)21(27)6/h7-12H,1-6H3. The summed E-state index contributed by atoms with van der Waals surface area (Å²) in [5.41, 5.74) is 6.01. The maximum absolute atomic E-state index is 14.3. The predicted molar refractivity (Wildman–Crippen MR) is 137 cm³/mol. The van der Waals surface area contributed by atoms with Crippen LogP contribution in [0.1, 0.15) is 50.1 Å². The predicted octanol–water partition coefficient (Wildman–Crippen LogP) is 7.51. The summed E-state index contributed by atoms with van der Waals surface area (Å²) in [7, 11) is 0. The van der Waals surface area contributed by atoms with E-state index in [0.29, 0.717) is 44.2 Å². The number of nitriles is 3. The lowest BCUT2D eigenvalue weighted by molar-refractivity contribution is 0.405. The fourth-order valence-corrected chi connectivity index (χ4v) is 7.14. The molecule has 0 N–H and O–H groups in total. The van der Waals surface area contributed by atoms with E-state index in [4.69, 9.17) is 9.05 Å². The van der Waals surface area contributed by atoms with Crippen LogP contribution in [-0.2, 0) is 4.57 Å². The van der Waals surface area contributed by atoms with Gasteiger partial charge in [-0.1, -0.05) is 0 Å². The van der Waals surface area contributed by atoms with Crippen molar-refractivity contribution in [2.24, 2.45) is 0 Å². The highest BCUT2D eigenvalue weighted by Crippen LogP contribution is 2.64. The number of rotatable bonds is 6. The maximum atomic E-state index is 14.3. The van der Waals surface area contributed by atoms with E-state index in [2.05, 4.69) is 18.2 Å². The molecule has 0 unspecified atom stereocenters. The molecule has 0 aliphatic heterocycles.